The maximum Gasteiger partial charge on any atom is 0.254 e. The summed E-state index contributed by atoms with van der Waals surface area (Å²) in [4.78, 5) is 27.8. The first-order valence-electron chi connectivity index (χ1n) is 10.1. The predicted molar refractivity (Wildman–Crippen MR) is 108 cm³/mol. The zero-order chi connectivity index (χ0) is 20.7. The van der Waals surface area contributed by atoms with E-state index in [0.29, 0.717) is 35.3 Å². The van der Waals surface area contributed by atoms with Gasteiger partial charge in [-0.25, -0.2) is 19.3 Å². The van der Waals surface area contributed by atoms with Crippen LogP contribution in [0.2, 0.25) is 0 Å². The molecule has 0 N–H and O–H groups in total. The van der Waals surface area contributed by atoms with E-state index in [1.807, 2.05) is 36.1 Å². The van der Waals surface area contributed by atoms with Crippen LogP contribution in [0.3, 0.4) is 0 Å². The number of aromatic nitrogens is 3. The molecule has 1 aliphatic heterocycles. The Hall–Kier alpha value is -3.35. The van der Waals surface area contributed by atoms with E-state index in [2.05, 4.69) is 15.0 Å². The van der Waals surface area contributed by atoms with Crippen molar-refractivity contribution in [2.24, 2.45) is 5.92 Å². The van der Waals surface area contributed by atoms with Crippen LogP contribution in [0.4, 0.5) is 4.39 Å². The molecule has 2 aliphatic rings. The molecule has 152 valence electrons. The van der Waals surface area contributed by atoms with Crippen molar-refractivity contribution < 1.29 is 13.9 Å². The molecule has 6 nitrogen and oxygen atoms in total. The number of ether oxygens (including phenoxy) is 1. The molecule has 2 bridgehead atoms. The lowest BCUT2D eigenvalue weighted by Gasteiger charge is -2.33. The van der Waals surface area contributed by atoms with Gasteiger partial charge < -0.3 is 9.64 Å². The molecule has 1 amide bonds. The molecule has 2 aromatic heterocycles. The number of piperidine rings is 1. The van der Waals surface area contributed by atoms with Crippen molar-refractivity contribution in [1.29, 1.82) is 0 Å². The number of benzene rings is 1. The van der Waals surface area contributed by atoms with Crippen LogP contribution in [0, 0.1) is 18.7 Å². The Kier molecular flexibility index (Phi) is 4.65. The first-order valence-corrected chi connectivity index (χ1v) is 10.1. The number of hydrogen-bond acceptors (Lipinski definition) is 5. The number of amides is 1. The van der Waals surface area contributed by atoms with Crippen molar-refractivity contribution in [2.75, 3.05) is 6.54 Å². The Morgan fingerprint density at radius 1 is 1.07 bits per heavy atom. The van der Waals surface area contributed by atoms with Gasteiger partial charge in [-0.1, -0.05) is 24.3 Å². The molecule has 1 saturated carbocycles. The van der Waals surface area contributed by atoms with Crippen molar-refractivity contribution in [1.82, 2.24) is 19.9 Å². The van der Waals surface area contributed by atoms with Crippen LogP contribution in [-0.2, 0) is 0 Å². The second kappa shape index (κ2) is 7.48. The molecule has 1 aromatic carbocycles. The molecular weight excluding hydrogens is 383 g/mol. The molecule has 3 atom stereocenters. The molecule has 0 spiro atoms. The normalized spacial score (nSPS) is 22.3. The van der Waals surface area contributed by atoms with Gasteiger partial charge in [-0.2, -0.15) is 0 Å². The molecule has 1 aliphatic carbocycles. The van der Waals surface area contributed by atoms with E-state index < -0.39 is 5.82 Å². The zero-order valence-electron chi connectivity index (χ0n) is 16.5. The van der Waals surface area contributed by atoms with Crippen molar-refractivity contribution in [3.8, 4) is 17.3 Å². The van der Waals surface area contributed by atoms with Gasteiger partial charge in [-0.05, 0) is 37.3 Å². The average Bonchev–Trinajstić information content (AvgIpc) is 3.36. The summed E-state index contributed by atoms with van der Waals surface area (Å²) in [5.74, 6) is 0.760. The van der Waals surface area contributed by atoms with E-state index in [9.17, 15) is 9.18 Å². The molecule has 1 saturated heterocycles. The number of likely N-dealkylation sites (tertiary alicyclic amines) is 1. The number of halogens is 1. The van der Waals surface area contributed by atoms with E-state index in [-0.39, 0.29) is 18.1 Å². The molecule has 3 aromatic rings. The van der Waals surface area contributed by atoms with Crippen molar-refractivity contribution in [3.63, 3.8) is 0 Å². The number of fused-ring (bicyclic) bond motifs is 2. The Labute approximate surface area is 173 Å². The fraction of sp³-hybridized carbons (Fsp3) is 0.304. The third kappa shape index (κ3) is 3.40. The average molecular weight is 404 g/mol. The Balaban J connectivity index is 1.39. The SMILES string of the molecule is Cc1ccc(OC2CC3CC2N(C(=O)c2ccccc2-c2ncc(F)cn2)C3)nc1. The summed E-state index contributed by atoms with van der Waals surface area (Å²) in [7, 11) is 0. The van der Waals surface area contributed by atoms with Gasteiger partial charge in [0.2, 0.25) is 5.88 Å². The zero-order valence-corrected chi connectivity index (χ0v) is 16.5. The molecule has 30 heavy (non-hydrogen) atoms. The third-order valence-corrected chi connectivity index (χ3v) is 5.86. The molecule has 3 unspecified atom stereocenters. The van der Waals surface area contributed by atoms with Gasteiger partial charge >= 0.3 is 0 Å². The summed E-state index contributed by atoms with van der Waals surface area (Å²) < 4.78 is 19.4. The molecule has 0 radical (unpaired) electrons. The molecule has 3 heterocycles. The number of pyridine rings is 1. The monoisotopic (exact) mass is 404 g/mol. The van der Waals surface area contributed by atoms with Crippen LogP contribution in [-0.4, -0.2) is 44.4 Å². The summed E-state index contributed by atoms with van der Waals surface area (Å²) in [5.41, 5.74) is 2.19. The van der Waals surface area contributed by atoms with Gasteiger partial charge in [0.25, 0.3) is 5.91 Å². The minimum atomic E-state index is -0.510. The van der Waals surface area contributed by atoms with E-state index in [1.54, 1.807) is 18.3 Å². The fourth-order valence-electron chi connectivity index (χ4n) is 4.48. The summed E-state index contributed by atoms with van der Waals surface area (Å²) in [5, 5.41) is 0. The van der Waals surface area contributed by atoms with Crippen molar-refractivity contribution in [3.05, 3.63) is 71.9 Å². The van der Waals surface area contributed by atoms with Crippen LogP contribution >= 0.6 is 0 Å². The standard InChI is InChI=1S/C23H21FN4O2/c1-14-6-7-21(25-10-14)30-20-9-15-8-19(20)28(13-15)23(29)18-5-3-2-4-17(18)22-26-11-16(24)12-27-22/h2-7,10-12,15,19-20H,8-9,13H2,1H3. The lowest BCUT2D eigenvalue weighted by atomic mass is 10.0. The molecule has 7 heteroatoms. The van der Waals surface area contributed by atoms with Gasteiger partial charge in [0, 0.05) is 24.4 Å². The van der Waals surface area contributed by atoms with Gasteiger partial charge in [-0.15, -0.1) is 0 Å². The highest BCUT2D eigenvalue weighted by Crippen LogP contribution is 2.40. The lowest BCUT2D eigenvalue weighted by molar-refractivity contribution is 0.0467. The largest absolute Gasteiger partial charge is 0.472 e. The quantitative estimate of drug-likeness (QED) is 0.664. The molecule has 2 fully saturated rings. The second-order valence-corrected chi connectivity index (χ2v) is 7.96. The van der Waals surface area contributed by atoms with Crippen LogP contribution in [0.15, 0.2) is 55.0 Å². The number of rotatable bonds is 4. The van der Waals surface area contributed by atoms with Gasteiger partial charge in [0.1, 0.15) is 6.10 Å². The minimum absolute atomic E-state index is 0.00722. The fourth-order valence-corrected chi connectivity index (χ4v) is 4.48. The lowest BCUT2D eigenvalue weighted by Crippen LogP contribution is -2.47. The van der Waals surface area contributed by atoms with Crippen LogP contribution in [0.1, 0.15) is 28.8 Å². The maximum absolute atomic E-state index is 13.5. The van der Waals surface area contributed by atoms with E-state index in [0.717, 1.165) is 30.8 Å². The first kappa shape index (κ1) is 18.7. The summed E-state index contributed by atoms with van der Waals surface area (Å²) in [6.45, 7) is 2.69. The predicted octanol–water partition coefficient (Wildman–Crippen LogP) is 3.67. The number of nitrogens with zero attached hydrogens (tertiary/aromatic N) is 4. The summed E-state index contributed by atoms with van der Waals surface area (Å²) in [6, 6.07) is 11.1. The molecular formula is C23H21FN4O2. The van der Waals surface area contributed by atoms with Crippen LogP contribution in [0.5, 0.6) is 5.88 Å². The van der Waals surface area contributed by atoms with E-state index >= 15 is 0 Å². The topological polar surface area (TPSA) is 68.2 Å². The second-order valence-electron chi connectivity index (χ2n) is 7.96. The first-order chi connectivity index (χ1) is 14.6. The maximum atomic E-state index is 13.5. The smallest absolute Gasteiger partial charge is 0.254 e. The van der Waals surface area contributed by atoms with Gasteiger partial charge in [-0.3, -0.25) is 4.79 Å². The highest BCUT2D eigenvalue weighted by molar-refractivity contribution is 6.00. The Morgan fingerprint density at radius 2 is 1.87 bits per heavy atom. The minimum Gasteiger partial charge on any atom is -0.472 e. The Morgan fingerprint density at radius 3 is 2.60 bits per heavy atom. The highest BCUT2D eigenvalue weighted by atomic mass is 19.1. The van der Waals surface area contributed by atoms with Gasteiger partial charge in [0.15, 0.2) is 11.6 Å². The van der Waals surface area contributed by atoms with Crippen LogP contribution in [0.25, 0.3) is 11.4 Å². The summed E-state index contributed by atoms with van der Waals surface area (Å²) in [6.07, 6.45) is 5.78. The van der Waals surface area contributed by atoms with E-state index in [4.69, 9.17) is 4.74 Å². The number of aryl methyl sites for hydroxylation is 1. The Bertz CT molecular complexity index is 1070. The number of carbonyl (C=O) groups excluding carboxylic acids is 1. The highest BCUT2D eigenvalue weighted by Gasteiger charge is 2.48. The number of hydrogen-bond donors (Lipinski definition) is 0. The summed E-state index contributed by atoms with van der Waals surface area (Å²) >= 11 is 0. The third-order valence-electron chi connectivity index (χ3n) is 5.86. The van der Waals surface area contributed by atoms with Gasteiger partial charge in [0.05, 0.1) is 24.0 Å². The van der Waals surface area contributed by atoms with Crippen molar-refractivity contribution >= 4 is 5.91 Å². The molecule has 5 rings (SSSR count). The van der Waals surface area contributed by atoms with Crippen LogP contribution < -0.4 is 4.74 Å². The van der Waals surface area contributed by atoms with Crippen molar-refractivity contribution in [2.45, 2.75) is 31.9 Å². The van der Waals surface area contributed by atoms with E-state index in [1.165, 1.54) is 0 Å². The number of carbonyl (C=O) groups is 1.